The number of ketones is 1. The van der Waals surface area contributed by atoms with E-state index in [2.05, 4.69) is 8.49 Å². The van der Waals surface area contributed by atoms with Crippen molar-refractivity contribution >= 4 is 31.6 Å². The minimum atomic E-state index is -5.51. The van der Waals surface area contributed by atoms with Crippen molar-refractivity contribution in [1.29, 1.82) is 0 Å². The largest absolute Gasteiger partial charge is 0.476 e. The van der Waals surface area contributed by atoms with E-state index in [0.717, 1.165) is 0 Å². The average molecular weight is 461 g/mol. The van der Waals surface area contributed by atoms with Crippen LogP contribution in [0.15, 0.2) is 0 Å². The van der Waals surface area contributed by atoms with Crippen LogP contribution in [-0.2, 0) is 37.6 Å². The third kappa shape index (κ3) is 6.59. The topological polar surface area (TPSA) is 281 Å². The molecule has 9 N–H and O–H groups in total. The van der Waals surface area contributed by atoms with Crippen molar-refractivity contribution < 1.29 is 70.1 Å². The second-order valence-electron chi connectivity index (χ2n) is 5.33. The molecule has 16 nitrogen and oxygen atoms in total. The smallest absolute Gasteiger partial charge is 0.394 e. The lowest BCUT2D eigenvalue weighted by molar-refractivity contribution is -0.293. The van der Waals surface area contributed by atoms with Crippen LogP contribution >= 0.6 is 15.4 Å². The zero-order chi connectivity index (χ0) is 21.4. The Bertz CT molecular complexity index is 762. The molecule has 1 rings (SSSR count). The van der Waals surface area contributed by atoms with E-state index in [-0.39, 0.29) is 0 Å². The molecule has 0 saturated carbocycles. The predicted molar refractivity (Wildman–Crippen MR) is 80.1 cm³/mol. The monoisotopic (exact) mass is 461 g/mol. The molecule has 0 bridgehead atoms. The summed E-state index contributed by atoms with van der Waals surface area (Å²) < 4.78 is 64.7. The Morgan fingerprint density at radius 1 is 1.26 bits per heavy atom. The number of phosphoric acid groups is 1. The van der Waals surface area contributed by atoms with Gasteiger partial charge in [0.25, 0.3) is 0 Å². The molecule has 1 heterocycles. The number of carbonyl (C=O) groups excluding carboxylic acids is 1. The molecule has 0 aromatic carbocycles. The van der Waals surface area contributed by atoms with Gasteiger partial charge in [0.1, 0.15) is 24.5 Å². The Morgan fingerprint density at radius 3 is 2.19 bits per heavy atom. The van der Waals surface area contributed by atoms with Crippen molar-refractivity contribution in [3.05, 3.63) is 0 Å². The Labute approximate surface area is 151 Å². The van der Waals surface area contributed by atoms with E-state index in [9.17, 15) is 42.6 Å². The normalized spacial score (nSPS) is 34.8. The van der Waals surface area contributed by atoms with Crippen LogP contribution in [-0.4, -0.2) is 91.7 Å². The van der Waals surface area contributed by atoms with E-state index in [4.69, 9.17) is 24.8 Å². The number of aliphatic hydroxyl groups is 3. The molecule has 0 radical (unpaired) electrons. The van der Waals surface area contributed by atoms with E-state index in [1.807, 2.05) is 0 Å². The molecule has 0 aliphatic carbocycles. The highest BCUT2D eigenvalue weighted by Gasteiger charge is 2.58. The fourth-order valence-electron chi connectivity index (χ4n) is 2.17. The fourth-order valence-corrected chi connectivity index (χ4v) is 4.84. The quantitative estimate of drug-likeness (QED) is 0.126. The number of ether oxygens (including phenoxy) is 1. The number of aliphatic hydroxyl groups excluding tert-OH is 2. The van der Waals surface area contributed by atoms with Crippen molar-refractivity contribution in [1.82, 2.24) is 0 Å². The number of rotatable bonds is 8. The van der Waals surface area contributed by atoms with Gasteiger partial charge in [-0.05, 0) is 0 Å². The van der Waals surface area contributed by atoms with Gasteiger partial charge in [-0.25, -0.2) is 13.1 Å². The molecule has 160 valence electrons. The maximum atomic E-state index is 12.1. The molecule has 0 amide bonds. The summed E-state index contributed by atoms with van der Waals surface area (Å²) in [4.78, 5) is 38.4. The highest BCUT2D eigenvalue weighted by atomic mass is 32.3. The van der Waals surface area contributed by atoms with Gasteiger partial charge < -0.3 is 40.5 Å². The highest BCUT2D eigenvalue weighted by molar-refractivity contribution is 7.80. The Morgan fingerprint density at radius 2 is 1.78 bits per heavy atom. The third-order valence-electron chi connectivity index (χ3n) is 3.24. The molecular weight excluding hydrogens is 444 g/mol. The van der Waals surface area contributed by atoms with Crippen LogP contribution < -0.4 is 5.73 Å². The minimum absolute atomic E-state index is 1.19. The van der Waals surface area contributed by atoms with Gasteiger partial charge in [-0.2, -0.15) is 8.42 Å². The van der Waals surface area contributed by atoms with Crippen molar-refractivity contribution in [3.63, 3.8) is 0 Å². The van der Waals surface area contributed by atoms with Gasteiger partial charge in [0.05, 0.1) is 12.6 Å². The molecule has 0 aromatic heterocycles. The summed E-state index contributed by atoms with van der Waals surface area (Å²) in [7, 11) is -16.0. The maximum absolute atomic E-state index is 12.1. The second kappa shape index (κ2) is 8.17. The summed E-state index contributed by atoms with van der Waals surface area (Å²) in [5, 5.41) is 29.4. The van der Waals surface area contributed by atoms with E-state index in [1.54, 1.807) is 0 Å². The molecule has 2 unspecified atom stereocenters. The lowest BCUT2D eigenvalue weighted by atomic mass is 9.89. The van der Waals surface area contributed by atoms with Crippen LogP contribution in [0.3, 0.4) is 0 Å². The van der Waals surface area contributed by atoms with Gasteiger partial charge in [0.2, 0.25) is 11.6 Å². The van der Waals surface area contributed by atoms with Crippen LogP contribution in [0, 0.1) is 0 Å². The van der Waals surface area contributed by atoms with E-state index >= 15 is 0 Å². The van der Waals surface area contributed by atoms with Crippen LogP contribution in [0.4, 0.5) is 0 Å². The Kier molecular flexibility index (Phi) is 7.47. The van der Waals surface area contributed by atoms with Gasteiger partial charge in [-0.15, -0.1) is 0 Å². The Balaban J connectivity index is 3.12. The Hall–Kier alpha value is -0.360. The molecule has 19 heteroatoms. The molecule has 27 heavy (non-hydrogen) atoms. The second-order valence-corrected chi connectivity index (χ2v) is 9.60. The van der Waals surface area contributed by atoms with Gasteiger partial charge in [0, 0.05) is 0 Å². The summed E-state index contributed by atoms with van der Waals surface area (Å²) in [5.74, 6) is -5.11. The van der Waals surface area contributed by atoms with Gasteiger partial charge in [-0.3, -0.25) is 13.9 Å². The van der Waals surface area contributed by atoms with Crippen molar-refractivity contribution in [2.24, 2.45) is 5.73 Å². The average Bonchev–Trinajstić information content (AvgIpc) is 2.43. The van der Waals surface area contributed by atoms with Crippen molar-refractivity contribution in [2.75, 3.05) is 12.8 Å². The zero-order valence-corrected chi connectivity index (χ0v) is 15.6. The molecule has 1 fully saturated rings. The number of hydrogen-bond acceptors (Lipinski definition) is 12. The van der Waals surface area contributed by atoms with Gasteiger partial charge in [-0.1, -0.05) is 0 Å². The van der Waals surface area contributed by atoms with Gasteiger partial charge >= 0.3 is 25.8 Å². The lowest BCUT2D eigenvalue weighted by Crippen LogP contribution is -2.72. The first-order valence-electron chi connectivity index (χ1n) is 6.64. The molecule has 6 atom stereocenters. The summed E-state index contributed by atoms with van der Waals surface area (Å²) >= 11 is 0. The number of carbonyl (C=O) groups is 1. The predicted octanol–water partition coefficient (Wildman–Crippen LogP) is -4.19. The molecule has 1 aliphatic heterocycles. The van der Waals surface area contributed by atoms with Crippen LogP contribution in [0.25, 0.3) is 0 Å². The fraction of sp³-hybridized carbons (Fsp3) is 0.875. The minimum Gasteiger partial charge on any atom is -0.394 e. The summed E-state index contributed by atoms with van der Waals surface area (Å²) in [6.45, 7) is -1.19. The number of Topliss-reactive ketones (excluding diaryl/α,β-unsaturated/α-hetero) is 1. The molecule has 0 aromatic rings. The van der Waals surface area contributed by atoms with E-state index in [0.29, 0.717) is 0 Å². The summed E-state index contributed by atoms with van der Waals surface area (Å²) in [6, 6.07) is -2.24. The number of hydrogen-bond donors (Lipinski definition) is 8. The highest BCUT2D eigenvalue weighted by Crippen LogP contribution is 2.57. The van der Waals surface area contributed by atoms with Crippen LogP contribution in [0.1, 0.15) is 0 Å². The van der Waals surface area contributed by atoms with E-state index < -0.39 is 74.5 Å². The third-order valence-corrected chi connectivity index (χ3v) is 6.27. The van der Waals surface area contributed by atoms with Gasteiger partial charge in [0.15, 0.2) is 0 Å². The van der Waals surface area contributed by atoms with E-state index in [1.165, 1.54) is 0 Å². The summed E-state index contributed by atoms with van der Waals surface area (Å²) in [6.07, 6.45) is -8.07. The first-order valence-corrected chi connectivity index (χ1v) is 11.3. The van der Waals surface area contributed by atoms with Crippen molar-refractivity contribution in [3.8, 4) is 0 Å². The lowest BCUT2D eigenvalue weighted by Gasteiger charge is -2.45. The van der Waals surface area contributed by atoms with Crippen LogP contribution in [0.2, 0.25) is 0 Å². The van der Waals surface area contributed by atoms with Crippen molar-refractivity contribution in [2.45, 2.75) is 30.1 Å². The SMILES string of the molecule is N[C@@H]1[C@@H](O)[C@@H](OS(=O)(=O)O)[C@@H](CO)OC1(O)C(=O)CP(=O)(O)OP(=O)(O)O. The number of nitrogens with two attached hydrogens (primary N) is 1. The molecular formula is C8H17NO15P2S. The maximum Gasteiger partial charge on any atom is 0.476 e. The molecule has 1 saturated heterocycles. The zero-order valence-electron chi connectivity index (χ0n) is 13.0. The standard InChI is InChI=1S/C8H17NO15P2S/c9-7-5(12)6(23-27(19,20)21)3(1-10)22-8(7,13)4(11)2-25(14,15)24-26(16,17)18/h3,5-7,10,12-13H,1-2,9H2,(H,14,15)(H2,16,17,18)(H,19,20,21)/t3-,5+,6+,7-,8?/m1/s1. The molecule has 0 spiro atoms. The molecule has 1 aliphatic rings. The first kappa shape index (κ1) is 24.7. The first-order chi connectivity index (χ1) is 11.9. The van der Waals surface area contributed by atoms with Crippen LogP contribution in [0.5, 0.6) is 0 Å². The summed E-state index contributed by atoms with van der Waals surface area (Å²) in [5.41, 5.74) is 5.38.